The third kappa shape index (κ3) is 1.84. The SMILES string of the molecule is CCn1c(=O)cc(Cl)n(PC)c1=O. The molecule has 1 heterocycles. The average molecular weight is 221 g/mol. The van der Waals surface area contributed by atoms with Gasteiger partial charge in [-0.05, 0) is 22.3 Å². The smallest absolute Gasteiger partial charge is 0.269 e. The molecule has 0 saturated heterocycles. The van der Waals surface area contributed by atoms with Crippen LogP contribution in [0.1, 0.15) is 6.92 Å². The number of hydrogen-bond acceptors (Lipinski definition) is 2. The standard InChI is InChI=1S/C7H10ClN2O2P/c1-3-9-6(11)4-5(8)10(13-2)7(9)12/h4,13H,3H2,1-2H3. The van der Waals surface area contributed by atoms with Crippen LogP contribution < -0.4 is 11.2 Å². The number of hydrogen-bond donors (Lipinski definition) is 0. The summed E-state index contributed by atoms with van der Waals surface area (Å²) in [5.41, 5.74) is -0.673. The van der Waals surface area contributed by atoms with Crippen molar-refractivity contribution in [2.24, 2.45) is 0 Å². The van der Waals surface area contributed by atoms with Crippen LogP contribution in [-0.4, -0.2) is 15.6 Å². The Balaban J connectivity index is 3.59. The molecule has 0 spiro atoms. The predicted octanol–water partition coefficient (Wildman–Crippen LogP) is 0.755. The van der Waals surface area contributed by atoms with Crippen molar-refractivity contribution < 1.29 is 0 Å². The van der Waals surface area contributed by atoms with E-state index in [-0.39, 0.29) is 25.1 Å². The fraction of sp³-hybridized carbons (Fsp3) is 0.429. The molecule has 0 N–H and O–H groups in total. The quantitative estimate of drug-likeness (QED) is 0.546. The summed E-state index contributed by atoms with van der Waals surface area (Å²) in [6.45, 7) is 3.96. The van der Waals surface area contributed by atoms with Crippen LogP contribution in [0.2, 0.25) is 5.15 Å². The molecular formula is C7H10ClN2O2P. The molecule has 4 nitrogen and oxygen atoms in total. The summed E-state index contributed by atoms with van der Waals surface area (Å²) in [5, 5.41) is 0.209. The molecule has 0 radical (unpaired) electrons. The lowest BCUT2D eigenvalue weighted by Gasteiger charge is -2.07. The molecule has 1 aromatic rings. The van der Waals surface area contributed by atoms with Gasteiger partial charge in [0.1, 0.15) is 5.15 Å². The summed E-state index contributed by atoms with van der Waals surface area (Å²) in [5.74, 6) is 0. The van der Waals surface area contributed by atoms with Gasteiger partial charge in [0.25, 0.3) is 5.56 Å². The van der Waals surface area contributed by atoms with Gasteiger partial charge in [-0.3, -0.25) is 13.7 Å². The summed E-state index contributed by atoms with van der Waals surface area (Å²) >= 11 is 5.72. The first-order valence-corrected chi connectivity index (χ1v) is 5.64. The van der Waals surface area contributed by atoms with Gasteiger partial charge in [0, 0.05) is 12.6 Å². The maximum atomic E-state index is 11.5. The summed E-state index contributed by atoms with van der Waals surface area (Å²) < 4.78 is 2.54. The second kappa shape index (κ2) is 4.07. The molecule has 0 aliphatic heterocycles. The van der Waals surface area contributed by atoms with Crippen LogP contribution in [0.4, 0.5) is 0 Å². The Bertz CT molecular complexity index is 423. The molecule has 0 bridgehead atoms. The second-order valence-electron chi connectivity index (χ2n) is 2.39. The van der Waals surface area contributed by atoms with Gasteiger partial charge in [-0.1, -0.05) is 11.6 Å². The van der Waals surface area contributed by atoms with Crippen molar-refractivity contribution in [3.05, 3.63) is 32.1 Å². The van der Waals surface area contributed by atoms with E-state index in [9.17, 15) is 9.59 Å². The van der Waals surface area contributed by atoms with Gasteiger partial charge < -0.3 is 0 Å². The highest BCUT2D eigenvalue weighted by molar-refractivity contribution is 7.35. The Morgan fingerprint density at radius 1 is 1.54 bits per heavy atom. The van der Waals surface area contributed by atoms with Gasteiger partial charge >= 0.3 is 5.69 Å². The Hall–Kier alpha value is -0.600. The fourth-order valence-corrected chi connectivity index (χ4v) is 2.05. The number of nitrogens with zero attached hydrogens (tertiary/aromatic N) is 2. The second-order valence-corrected chi connectivity index (χ2v) is 3.67. The molecule has 1 aromatic heterocycles. The molecule has 0 aliphatic carbocycles. The molecule has 0 aliphatic rings. The highest BCUT2D eigenvalue weighted by Crippen LogP contribution is 2.12. The zero-order valence-corrected chi connectivity index (χ0v) is 9.13. The molecule has 72 valence electrons. The summed E-state index contributed by atoms with van der Waals surface area (Å²) in [6, 6.07) is 1.27. The Labute approximate surface area is 82.0 Å². The fourth-order valence-electron chi connectivity index (χ4n) is 1.04. The van der Waals surface area contributed by atoms with Crippen molar-refractivity contribution in [2.75, 3.05) is 6.66 Å². The number of halogens is 1. The van der Waals surface area contributed by atoms with E-state index in [1.807, 2.05) is 6.66 Å². The van der Waals surface area contributed by atoms with Crippen LogP contribution in [0.25, 0.3) is 0 Å². The molecule has 1 atom stereocenters. The van der Waals surface area contributed by atoms with Crippen molar-refractivity contribution in [1.82, 2.24) is 8.90 Å². The molecule has 0 amide bonds. The first-order valence-electron chi connectivity index (χ1n) is 3.82. The van der Waals surface area contributed by atoms with E-state index in [2.05, 4.69) is 0 Å². The van der Waals surface area contributed by atoms with Gasteiger partial charge in [-0.15, -0.1) is 0 Å². The summed E-state index contributed by atoms with van der Waals surface area (Å²) in [7, 11) is 0.236. The maximum Gasteiger partial charge on any atom is 0.335 e. The Morgan fingerprint density at radius 2 is 2.15 bits per heavy atom. The third-order valence-electron chi connectivity index (χ3n) is 1.68. The molecule has 1 rings (SSSR count). The van der Waals surface area contributed by atoms with Gasteiger partial charge in [0.05, 0.1) is 0 Å². The van der Waals surface area contributed by atoms with Gasteiger partial charge in [0.2, 0.25) is 0 Å². The minimum Gasteiger partial charge on any atom is -0.269 e. The van der Waals surface area contributed by atoms with E-state index in [1.165, 1.54) is 10.4 Å². The first kappa shape index (κ1) is 10.5. The minimum absolute atomic E-state index is 0.209. The predicted molar refractivity (Wildman–Crippen MR) is 55.3 cm³/mol. The Kier molecular flexibility index (Phi) is 3.28. The largest absolute Gasteiger partial charge is 0.335 e. The summed E-state index contributed by atoms with van der Waals surface area (Å²) in [6.07, 6.45) is 0. The topological polar surface area (TPSA) is 44.0 Å². The van der Waals surface area contributed by atoms with E-state index in [4.69, 9.17) is 11.6 Å². The van der Waals surface area contributed by atoms with Gasteiger partial charge in [-0.2, -0.15) is 0 Å². The van der Waals surface area contributed by atoms with Crippen LogP contribution in [0.3, 0.4) is 0 Å². The normalized spacial score (nSPS) is 11.3. The minimum atomic E-state index is -0.341. The highest BCUT2D eigenvalue weighted by Gasteiger charge is 2.06. The number of rotatable bonds is 2. The zero-order chi connectivity index (χ0) is 10.0. The molecular weight excluding hydrogens is 211 g/mol. The molecule has 0 saturated carbocycles. The van der Waals surface area contributed by atoms with Crippen LogP contribution in [0.15, 0.2) is 15.7 Å². The van der Waals surface area contributed by atoms with Crippen molar-refractivity contribution in [3.8, 4) is 0 Å². The van der Waals surface area contributed by atoms with Crippen LogP contribution in [0.5, 0.6) is 0 Å². The van der Waals surface area contributed by atoms with Crippen molar-refractivity contribution in [1.29, 1.82) is 0 Å². The van der Waals surface area contributed by atoms with Crippen LogP contribution >= 0.6 is 20.3 Å². The Morgan fingerprint density at radius 3 is 2.62 bits per heavy atom. The van der Waals surface area contributed by atoms with E-state index in [0.29, 0.717) is 6.54 Å². The maximum absolute atomic E-state index is 11.5. The molecule has 13 heavy (non-hydrogen) atoms. The molecule has 0 aromatic carbocycles. The lowest BCUT2D eigenvalue weighted by Crippen LogP contribution is -2.36. The molecule has 0 fully saturated rings. The first-order chi connectivity index (χ1) is 6.11. The van der Waals surface area contributed by atoms with Crippen molar-refractivity contribution in [3.63, 3.8) is 0 Å². The van der Waals surface area contributed by atoms with Crippen molar-refractivity contribution in [2.45, 2.75) is 13.5 Å². The van der Waals surface area contributed by atoms with Gasteiger partial charge in [0.15, 0.2) is 0 Å². The van der Waals surface area contributed by atoms with Crippen LogP contribution in [-0.2, 0) is 6.54 Å². The van der Waals surface area contributed by atoms with E-state index in [1.54, 1.807) is 6.92 Å². The highest BCUT2D eigenvalue weighted by atomic mass is 35.5. The lowest BCUT2D eigenvalue weighted by molar-refractivity contribution is 0.663. The molecule has 6 heteroatoms. The van der Waals surface area contributed by atoms with E-state index < -0.39 is 0 Å². The summed E-state index contributed by atoms with van der Waals surface area (Å²) in [4.78, 5) is 22.7. The monoisotopic (exact) mass is 220 g/mol. The third-order valence-corrected chi connectivity index (χ3v) is 2.98. The van der Waals surface area contributed by atoms with E-state index in [0.717, 1.165) is 4.57 Å². The van der Waals surface area contributed by atoms with Gasteiger partial charge in [-0.25, -0.2) is 4.79 Å². The zero-order valence-electron chi connectivity index (χ0n) is 7.37. The average Bonchev–Trinajstić information content (AvgIpc) is 2.04. The lowest BCUT2D eigenvalue weighted by atomic mass is 10.6. The van der Waals surface area contributed by atoms with Crippen molar-refractivity contribution >= 4 is 20.3 Å². The van der Waals surface area contributed by atoms with E-state index >= 15 is 0 Å². The number of aromatic nitrogens is 2. The van der Waals surface area contributed by atoms with Crippen LogP contribution in [0, 0.1) is 0 Å². The molecule has 1 unspecified atom stereocenters.